The largest absolute Gasteiger partial charge is 0.465 e. The summed E-state index contributed by atoms with van der Waals surface area (Å²) in [5, 5.41) is 3.97. The number of methoxy groups -OCH3 is 2. The second-order valence-corrected chi connectivity index (χ2v) is 4.63. The molecule has 0 saturated carbocycles. The Morgan fingerprint density at radius 3 is 2.76 bits per heavy atom. The minimum absolute atomic E-state index is 0.205. The van der Waals surface area contributed by atoms with Crippen molar-refractivity contribution >= 4 is 22.4 Å². The topological polar surface area (TPSA) is 60.5 Å². The molecule has 0 radical (unpaired) electrons. The predicted octanol–water partition coefficient (Wildman–Crippen LogP) is 2.08. The van der Waals surface area contributed by atoms with E-state index in [1.807, 2.05) is 0 Å². The molecule has 1 unspecified atom stereocenters. The number of nitrogens with zero attached hydrogens (tertiary/aromatic N) is 1. The lowest BCUT2D eigenvalue weighted by Gasteiger charge is -2.14. The number of thiazole rings is 1. The number of aryl methyl sites for hydroxylation is 1. The SMILES string of the molecule is CCC(COC)Nc1nc(C)c(C(=O)OC)s1. The first kappa shape index (κ1) is 13.9. The smallest absolute Gasteiger partial charge is 0.350 e. The van der Waals surface area contributed by atoms with E-state index >= 15 is 0 Å². The summed E-state index contributed by atoms with van der Waals surface area (Å²) in [7, 11) is 3.03. The van der Waals surface area contributed by atoms with E-state index in [4.69, 9.17) is 4.74 Å². The summed E-state index contributed by atoms with van der Waals surface area (Å²) in [6.45, 7) is 4.48. The van der Waals surface area contributed by atoms with E-state index in [0.717, 1.165) is 11.6 Å². The molecule has 0 aromatic carbocycles. The molecule has 17 heavy (non-hydrogen) atoms. The maximum Gasteiger partial charge on any atom is 0.350 e. The van der Waals surface area contributed by atoms with Gasteiger partial charge in [0.1, 0.15) is 4.88 Å². The molecule has 0 spiro atoms. The summed E-state index contributed by atoms with van der Waals surface area (Å²) in [6, 6.07) is 0.205. The van der Waals surface area contributed by atoms with Crippen molar-refractivity contribution in [3.63, 3.8) is 0 Å². The quantitative estimate of drug-likeness (QED) is 0.792. The number of esters is 1. The third-order valence-electron chi connectivity index (χ3n) is 2.36. The number of hydrogen-bond donors (Lipinski definition) is 1. The van der Waals surface area contributed by atoms with Crippen LogP contribution in [0.1, 0.15) is 28.7 Å². The summed E-state index contributed by atoms with van der Waals surface area (Å²) in [5.74, 6) is -0.340. The van der Waals surface area contributed by atoms with Gasteiger partial charge >= 0.3 is 5.97 Å². The minimum atomic E-state index is -0.340. The van der Waals surface area contributed by atoms with Crippen LogP contribution in [0.5, 0.6) is 0 Å². The van der Waals surface area contributed by atoms with Crippen LogP contribution < -0.4 is 5.32 Å². The normalized spacial score (nSPS) is 12.2. The Balaban J connectivity index is 2.75. The molecule has 1 aromatic rings. The zero-order valence-corrected chi connectivity index (χ0v) is 11.4. The first-order chi connectivity index (χ1) is 8.12. The van der Waals surface area contributed by atoms with Crippen LogP contribution in [0.25, 0.3) is 0 Å². The fourth-order valence-corrected chi connectivity index (χ4v) is 2.34. The Morgan fingerprint density at radius 1 is 1.53 bits per heavy atom. The van der Waals surface area contributed by atoms with E-state index in [1.165, 1.54) is 18.4 Å². The number of rotatable bonds is 6. The highest BCUT2D eigenvalue weighted by atomic mass is 32.1. The monoisotopic (exact) mass is 258 g/mol. The van der Waals surface area contributed by atoms with Crippen molar-refractivity contribution in [2.45, 2.75) is 26.3 Å². The van der Waals surface area contributed by atoms with Gasteiger partial charge in [0.2, 0.25) is 0 Å². The maximum atomic E-state index is 11.4. The van der Waals surface area contributed by atoms with E-state index < -0.39 is 0 Å². The van der Waals surface area contributed by atoms with Gasteiger partial charge in [0.05, 0.1) is 25.5 Å². The van der Waals surface area contributed by atoms with Crippen molar-refractivity contribution in [3.8, 4) is 0 Å². The lowest BCUT2D eigenvalue weighted by atomic mass is 10.2. The van der Waals surface area contributed by atoms with E-state index in [2.05, 4.69) is 22.0 Å². The summed E-state index contributed by atoms with van der Waals surface area (Å²) >= 11 is 1.31. The lowest BCUT2D eigenvalue weighted by Crippen LogP contribution is -2.23. The minimum Gasteiger partial charge on any atom is -0.465 e. The zero-order valence-electron chi connectivity index (χ0n) is 10.6. The Kier molecular flexibility index (Phi) is 5.37. The van der Waals surface area contributed by atoms with Gasteiger partial charge in [0, 0.05) is 7.11 Å². The summed E-state index contributed by atoms with van der Waals surface area (Å²) in [6.07, 6.45) is 0.931. The van der Waals surface area contributed by atoms with Crippen LogP contribution in [-0.2, 0) is 9.47 Å². The molecular formula is C11H18N2O3S. The fraction of sp³-hybridized carbons (Fsp3) is 0.636. The van der Waals surface area contributed by atoms with Crippen LogP contribution in [0, 0.1) is 6.92 Å². The molecule has 0 amide bonds. The van der Waals surface area contributed by atoms with Crippen LogP contribution >= 0.6 is 11.3 Å². The van der Waals surface area contributed by atoms with Crippen molar-refractivity contribution in [2.24, 2.45) is 0 Å². The van der Waals surface area contributed by atoms with Gasteiger partial charge < -0.3 is 14.8 Å². The lowest BCUT2D eigenvalue weighted by molar-refractivity contribution is 0.0605. The van der Waals surface area contributed by atoms with Crippen LogP contribution in [0.15, 0.2) is 0 Å². The van der Waals surface area contributed by atoms with E-state index in [0.29, 0.717) is 17.2 Å². The second kappa shape index (κ2) is 6.56. The molecule has 5 nitrogen and oxygen atoms in total. The Hall–Kier alpha value is -1.14. The molecule has 1 N–H and O–H groups in total. The van der Waals surface area contributed by atoms with E-state index in [1.54, 1.807) is 14.0 Å². The van der Waals surface area contributed by atoms with Gasteiger partial charge in [-0.1, -0.05) is 18.3 Å². The third kappa shape index (κ3) is 3.67. The molecular weight excluding hydrogens is 240 g/mol. The van der Waals surface area contributed by atoms with Gasteiger partial charge in [-0.25, -0.2) is 9.78 Å². The highest BCUT2D eigenvalue weighted by Crippen LogP contribution is 2.24. The average Bonchev–Trinajstić information content (AvgIpc) is 2.68. The second-order valence-electron chi connectivity index (χ2n) is 3.63. The number of hydrogen-bond acceptors (Lipinski definition) is 6. The molecule has 1 heterocycles. The van der Waals surface area contributed by atoms with E-state index in [-0.39, 0.29) is 12.0 Å². The molecule has 0 fully saturated rings. The fourth-order valence-electron chi connectivity index (χ4n) is 1.38. The first-order valence-corrected chi connectivity index (χ1v) is 6.25. The Morgan fingerprint density at radius 2 is 2.24 bits per heavy atom. The molecule has 0 aliphatic rings. The maximum absolute atomic E-state index is 11.4. The van der Waals surface area contributed by atoms with Crippen molar-refractivity contribution < 1.29 is 14.3 Å². The molecule has 0 bridgehead atoms. The van der Waals surface area contributed by atoms with Gasteiger partial charge in [-0.05, 0) is 13.3 Å². The molecule has 96 valence electrons. The number of aromatic nitrogens is 1. The number of nitrogens with one attached hydrogen (secondary N) is 1. The number of anilines is 1. The van der Waals surface area contributed by atoms with Crippen LogP contribution in [0.4, 0.5) is 5.13 Å². The molecule has 0 aliphatic heterocycles. The number of carbonyl (C=O) groups is 1. The van der Waals surface area contributed by atoms with Crippen molar-refractivity contribution in [1.29, 1.82) is 0 Å². The average molecular weight is 258 g/mol. The third-order valence-corrected chi connectivity index (χ3v) is 3.42. The Labute approximate surface area is 105 Å². The van der Waals surface area contributed by atoms with Crippen LogP contribution in [0.2, 0.25) is 0 Å². The van der Waals surface area contributed by atoms with E-state index in [9.17, 15) is 4.79 Å². The standard InChI is InChI=1S/C11H18N2O3S/c1-5-8(6-15-3)13-11-12-7(2)9(17-11)10(14)16-4/h8H,5-6H2,1-4H3,(H,12,13). The zero-order chi connectivity index (χ0) is 12.8. The molecule has 6 heteroatoms. The van der Waals surface area contributed by atoms with Gasteiger partial charge in [-0.2, -0.15) is 0 Å². The number of ether oxygens (including phenoxy) is 2. The molecule has 1 atom stereocenters. The Bertz CT molecular complexity index is 379. The summed E-state index contributed by atoms with van der Waals surface area (Å²) < 4.78 is 9.78. The summed E-state index contributed by atoms with van der Waals surface area (Å²) in [5.41, 5.74) is 0.691. The van der Waals surface area contributed by atoms with Crippen LogP contribution in [-0.4, -0.2) is 37.8 Å². The molecule has 1 rings (SSSR count). The van der Waals surface area contributed by atoms with Gasteiger partial charge in [0.25, 0.3) is 0 Å². The van der Waals surface area contributed by atoms with Crippen molar-refractivity contribution in [2.75, 3.05) is 26.1 Å². The van der Waals surface area contributed by atoms with Gasteiger partial charge in [-0.15, -0.1) is 0 Å². The number of carbonyl (C=O) groups excluding carboxylic acids is 1. The molecule has 0 saturated heterocycles. The molecule has 0 aliphatic carbocycles. The molecule has 1 aromatic heterocycles. The highest BCUT2D eigenvalue weighted by Gasteiger charge is 2.17. The van der Waals surface area contributed by atoms with Gasteiger partial charge in [0.15, 0.2) is 5.13 Å². The van der Waals surface area contributed by atoms with Crippen LogP contribution in [0.3, 0.4) is 0 Å². The predicted molar refractivity (Wildman–Crippen MR) is 67.8 cm³/mol. The van der Waals surface area contributed by atoms with Gasteiger partial charge in [-0.3, -0.25) is 0 Å². The first-order valence-electron chi connectivity index (χ1n) is 5.43. The van der Waals surface area contributed by atoms with Crippen molar-refractivity contribution in [3.05, 3.63) is 10.6 Å². The highest BCUT2D eigenvalue weighted by molar-refractivity contribution is 7.17. The van der Waals surface area contributed by atoms with Crippen molar-refractivity contribution in [1.82, 2.24) is 4.98 Å². The summed E-state index contributed by atoms with van der Waals surface area (Å²) in [4.78, 5) is 16.3.